The molecule has 3 rings (SSSR count). The lowest BCUT2D eigenvalue weighted by Gasteiger charge is -2.24. The molecule has 0 radical (unpaired) electrons. The number of hydrogen-bond acceptors (Lipinski definition) is 3. The topological polar surface area (TPSA) is 59.2 Å². The number of nitrogen functional groups attached to an aromatic ring is 1. The summed E-state index contributed by atoms with van der Waals surface area (Å²) in [5, 5.41) is 0.883. The highest BCUT2D eigenvalue weighted by atomic mass is 16.2. The average molecular weight is 269 g/mol. The van der Waals surface area contributed by atoms with Crippen LogP contribution in [0.2, 0.25) is 0 Å². The van der Waals surface area contributed by atoms with Gasteiger partial charge >= 0.3 is 0 Å². The molecule has 1 aromatic heterocycles. The minimum absolute atomic E-state index is 0.0830. The molecular formula is C16H19N3O. The molecule has 0 saturated carbocycles. The lowest BCUT2D eigenvalue weighted by atomic mass is 10.1. The van der Waals surface area contributed by atoms with Crippen LogP contribution < -0.4 is 5.73 Å². The molecule has 0 aliphatic carbocycles. The molecule has 4 nitrogen and oxygen atoms in total. The zero-order valence-corrected chi connectivity index (χ0v) is 11.7. The summed E-state index contributed by atoms with van der Waals surface area (Å²) >= 11 is 0. The van der Waals surface area contributed by atoms with Gasteiger partial charge in [-0.1, -0.05) is 25.1 Å². The molecule has 1 aromatic carbocycles. The summed E-state index contributed by atoms with van der Waals surface area (Å²) in [4.78, 5) is 19.1. The first-order chi connectivity index (χ1) is 9.70. The van der Waals surface area contributed by atoms with Crippen molar-refractivity contribution in [2.75, 3.05) is 12.3 Å². The Morgan fingerprint density at radius 2 is 2.25 bits per heavy atom. The zero-order valence-electron chi connectivity index (χ0n) is 11.7. The van der Waals surface area contributed by atoms with Crippen LogP contribution in [-0.2, 0) is 0 Å². The number of rotatable bonds is 2. The Bertz CT molecular complexity index is 653. The van der Waals surface area contributed by atoms with E-state index in [0.717, 1.165) is 36.7 Å². The summed E-state index contributed by atoms with van der Waals surface area (Å²) in [6.07, 6.45) is 3.19. The maximum atomic E-state index is 12.8. The summed E-state index contributed by atoms with van der Waals surface area (Å²) in [5.74, 6) is 0.485. The van der Waals surface area contributed by atoms with Crippen molar-refractivity contribution in [3.8, 4) is 0 Å². The number of amides is 1. The number of carbonyl (C=O) groups excluding carboxylic acids is 1. The van der Waals surface area contributed by atoms with E-state index in [1.807, 2.05) is 29.2 Å². The molecule has 1 aliphatic heterocycles. The SMILES string of the molecule is CCC1CCCN1C(=O)c1cc(N)nc2ccccc12. The molecule has 0 spiro atoms. The quantitative estimate of drug-likeness (QED) is 0.912. The van der Waals surface area contributed by atoms with E-state index in [-0.39, 0.29) is 5.91 Å². The van der Waals surface area contributed by atoms with Crippen molar-refractivity contribution in [2.24, 2.45) is 0 Å². The average Bonchev–Trinajstić information content (AvgIpc) is 2.94. The molecule has 1 amide bonds. The van der Waals surface area contributed by atoms with Crippen molar-refractivity contribution in [1.82, 2.24) is 9.88 Å². The van der Waals surface area contributed by atoms with E-state index in [4.69, 9.17) is 5.73 Å². The normalized spacial score (nSPS) is 18.6. The predicted molar refractivity (Wildman–Crippen MR) is 80.5 cm³/mol. The van der Waals surface area contributed by atoms with Gasteiger partial charge in [0.15, 0.2) is 0 Å². The standard InChI is InChI=1S/C16H19N3O/c1-2-11-6-5-9-19(11)16(20)13-10-15(17)18-14-8-4-3-7-12(13)14/h3-4,7-8,10-11H,2,5-6,9H2,1H3,(H2,17,18). The third-order valence-corrected chi connectivity index (χ3v) is 4.08. The Hall–Kier alpha value is -2.10. The van der Waals surface area contributed by atoms with Crippen LogP contribution in [0.5, 0.6) is 0 Å². The van der Waals surface area contributed by atoms with Gasteiger partial charge in [0.25, 0.3) is 5.91 Å². The molecule has 1 fully saturated rings. The number of pyridine rings is 1. The number of benzene rings is 1. The molecule has 2 N–H and O–H groups in total. The van der Waals surface area contributed by atoms with Crippen LogP contribution in [0.1, 0.15) is 36.5 Å². The fourth-order valence-corrected chi connectivity index (χ4v) is 3.06. The lowest BCUT2D eigenvalue weighted by Crippen LogP contribution is -2.35. The third kappa shape index (κ3) is 2.11. The Balaban J connectivity index is 2.07. The van der Waals surface area contributed by atoms with Gasteiger partial charge in [-0.05, 0) is 31.4 Å². The number of aromatic nitrogens is 1. The van der Waals surface area contributed by atoms with Crippen LogP contribution in [0.3, 0.4) is 0 Å². The predicted octanol–water partition coefficient (Wildman–Crippen LogP) is 2.83. The van der Waals surface area contributed by atoms with Crippen molar-refractivity contribution in [3.05, 3.63) is 35.9 Å². The number of nitrogens with two attached hydrogens (primary N) is 1. The molecule has 1 atom stereocenters. The van der Waals surface area contributed by atoms with Gasteiger partial charge < -0.3 is 10.6 Å². The van der Waals surface area contributed by atoms with Gasteiger partial charge in [-0.25, -0.2) is 4.98 Å². The Morgan fingerprint density at radius 1 is 1.45 bits per heavy atom. The molecular weight excluding hydrogens is 250 g/mol. The van der Waals surface area contributed by atoms with E-state index in [0.29, 0.717) is 17.4 Å². The van der Waals surface area contributed by atoms with Crippen LogP contribution in [0.15, 0.2) is 30.3 Å². The molecule has 2 aromatic rings. The van der Waals surface area contributed by atoms with Crippen molar-refractivity contribution in [2.45, 2.75) is 32.2 Å². The van der Waals surface area contributed by atoms with E-state index in [2.05, 4.69) is 11.9 Å². The lowest BCUT2D eigenvalue weighted by molar-refractivity contribution is 0.0735. The van der Waals surface area contributed by atoms with E-state index in [1.54, 1.807) is 6.07 Å². The summed E-state index contributed by atoms with van der Waals surface area (Å²) < 4.78 is 0. The molecule has 1 unspecified atom stereocenters. The fraction of sp³-hybridized carbons (Fsp3) is 0.375. The van der Waals surface area contributed by atoms with Crippen molar-refractivity contribution in [3.63, 3.8) is 0 Å². The number of anilines is 1. The third-order valence-electron chi connectivity index (χ3n) is 4.08. The highest BCUT2D eigenvalue weighted by Crippen LogP contribution is 2.26. The second kappa shape index (κ2) is 5.12. The van der Waals surface area contributed by atoms with Gasteiger partial charge in [-0.2, -0.15) is 0 Å². The molecule has 1 aliphatic rings. The first kappa shape index (κ1) is 12.9. The number of para-hydroxylation sites is 1. The van der Waals surface area contributed by atoms with Gasteiger partial charge in [0.1, 0.15) is 5.82 Å². The number of nitrogens with zero attached hydrogens (tertiary/aromatic N) is 2. The molecule has 104 valence electrons. The monoisotopic (exact) mass is 269 g/mol. The Kier molecular flexibility index (Phi) is 3.30. The minimum atomic E-state index is 0.0830. The van der Waals surface area contributed by atoms with Gasteiger partial charge in [0.05, 0.1) is 11.1 Å². The summed E-state index contributed by atoms with van der Waals surface area (Å²) in [7, 11) is 0. The van der Waals surface area contributed by atoms with Crippen LogP contribution in [0.4, 0.5) is 5.82 Å². The number of hydrogen-bond donors (Lipinski definition) is 1. The van der Waals surface area contributed by atoms with Crippen molar-refractivity contribution in [1.29, 1.82) is 0 Å². The molecule has 0 bridgehead atoms. The number of fused-ring (bicyclic) bond motifs is 1. The van der Waals surface area contributed by atoms with E-state index < -0.39 is 0 Å². The second-order valence-corrected chi connectivity index (χ2v) is 5.31. The van der Waals surface area contributed by atoms with Crippen LogP contribution in [0, 0.1) is 0 Å². The zero-order chi connectivity index (χ0) is 14.1. The molecule has 4 heteroatoms. The van der Waals surface area contributed by atoms with Crippen molar-refractivity contribution < 1.29 is 4.79 Å². The second-order valence-electron chi connectivity index (χ2n) is 5.31. The van der Waals surface area contributed by atoms with E-state index >= 15 is 0 Å². The highest BCUT2D eigenvalue weighted by Gasteiger charge is 2.29. The van der Waals surface area contributed by atoms with E-state index in [9.17, 15) is 4.79 Å². The maximum Gasteiger partial charge on any atom is 0.254 e. The fourth-order valence-electron chi connectivity index (χ4n) is 3.06. The Labute approximate surface area is 118 Å². The van der Waals surface area contributed by atoms with Crippen molar-refractivity contribution >= 4 is 22.6 Å². The first-order valence-electron chi connectivity index (χ1n) is 7.17. The maximum absolute atomic E-state index is 12.8. The van der Waals surface area contributed by atoms with Gasteiger partial charge in [-0.3, -0.25) is 4.79 Å². The number of carbonyl (C=O) groups is 1. The van der Waals surface area contributed by atoms with Crippen LogP contribution in [-0.4, -0.2) is 28.4 Å². The summed E-state index contributed by atoms with van der Waals surface area (Å²) in [5.41, 5.74) is 7.30. The largest absolute Gasteiger partial charge is 0.384 e. The minimum Gasteiger partial charge on any atom is -0.384 e. The van der Waals surface area contributed by atoms with E-state index in [1.165, 1.54) is 0 Å². The number of likely N-dealkylation sites (tertiary alicyclic amines) is 1. The van der Waals surface area contributed by atoms with Gasteiger partial charge in [0, 0.05) is 18.0 Å². The first-order valence-corrected chi connectivity index (χ1v) is 7.17. The molecule has 20 heavy (non-hydrogen) atoms. The van der Waals surface area contributed by atoms with Gasteiger partial charge in [-0.15, -0.1) is 0 Å². The highest BCUT2D eigenvalue weighted by molar-refractivity contribution is 6.07. The molecule has 2 heterocycles. The Morgan fingerprint density at radius 3 is 3.05 bits per heavy atom. The summed E-state index contributed by atoms with van der Waals surface area (Å²) in [6, 6.07) is 9.73. The van der Waals surface area contributed by atoms with Gasteiger partial charge in [0.2, 0.25) is 0 Å². The summed E-state index contributed by atoms with van der Waals surface area (Å²) in [6.45, 7) is 2.98. The molecule has 1 saturated heterocycles. The smallest absolute Gasteiger partial charge is 0.254 e. The van der Waals surface area contributed by atoms with Crippen LogP contribution in [0.25, 0.3) is 10.9 Å². The van der Waals surface area contributed by atoms with Crippen LogP contribution >= 0.6 is 0 Å².